The lowest BCUT2D eigenvalue weighted by molar-refractivity contribution is -0.133. The van der Waals surface area contributed by atoms with Crippen LogP contribution >= 0.6 is 0 Å². The standard InChI is InChI=1S/C18H22O4/c1-3-5-11-15(17(19)20)13-9-7-8-10-14-16(18(21)22)12-6-4-2/h3,5,7-11,13-14H,1,4,6,12H2,2H3,(H,19,20)(H,21,22). The van der Waals surface area contributed by atoms with E-state index in [1.165, 1.54) is 18.2 Å². The van der Waals surface area contributed by atoms with Crippen LogP contribution in [-0.4, -0.2) is 22.2 Å². The molecule has 2 N–H and O–H groups in total. The smallest absolute Gasteiger partial charge is 0.335 e. The molecular formula is C18H22O4. The van der Waals surface area contributed by atoms with Crippen LogP contribution < -0.4 is 0 Å². The van der Waals surface area contributed by atoms with Crippen molar-refractivity contribution in [3.63, 3.8) is 0 Å². The second-order valence-corrected chi connectivity index (χ2v) is 4.39. The van der Waals surface area contributed by atoms with Gasteiger partial charge in [-0.2, -0.15) is 0 Å². The average molecular weight is 302 g/mol. The first-order valence-electron chi connectivity index (χ1n) is 7.02. The van der Waals surface area contributed by atoms with Crippen LogP contribution in [0.15, 0.2) is 72.4 Å². The summed E-state index contributed by atoms with van der Waals surface area (Å²) in [5.74, 6) is -1.94. The number of unbranched alkanes of at least 4 members (excludes halogenated alkanes) is 1. The first kappa shape index (κ1) is 19.4. The summed E-state index contributed by atoms with van der Waals surface area (Å²) in [6, 6.07) is 0. The predicted molar refractivity (Wildman–Crippen MR) is 88.6 cm³/mol. The molecule has 0 aromatic rings. The molecule has 0 unspecified atom stereocenters. The van der Waals surface area contributed by atoms with Crippen LogP contribution in [-0.2, 0) is 9.59 Å². The number of hydrogen-bond acceptors (Lipinski definition) is 2. The zero-order valence-corrected chi connectivity index (χ0v) is 12.7. The fraction of sp³-hybridized carbons (Fsp3) is 0.222. The lowest BCUT2D eigenvalue weighted by Gasteiger charge is -1.98. The van der Waals surface area contributed by atoms with E-state index in [9.17, 15) is 9.59 Å². The summed E-state index contributed by atoms with van der Waals surface area (Å²) in [5, 5.41) is 17.9. The molecule has 0 bridgehead atoms. The second-order valence-electron chi connectivity index (χ2n) is 4.39. The van der Waals surface area contributed by atoms with Crippen molar-refractivity contribution >= 4 is 11.9 Å². The van der Waals surface area contributed by atoms with Crippen molar-refractivity contribution in [1.29, 1.82) is 0 Å². The van der Waals surface area contributed by atoms with Gasteiger partial charge >= 0.3 is 11.9 Å². The van der Waals surface area contributed by atoms with Crippen molar-refractivity contribution in [3.8, 4) is 0 Å². The van der Waals surface area contributed by atoms with Crippen molar-refractivity contribution in [2.24, 2.45) is 0 Å². The minimum Gasteiger partial charge on any atom is -0.478 e. The summed E-state index contributed by atoms with van der Waals surface area (Å²) in [6.45, 7) is 5.48. The molecule has 0 spiro atoms. The molecule has 22 heavy (non-hydrogen) atoms. The van der Waals surface area contributed by atoms with Crippen LogP contribution in [0.5, 0.6) is 0 Å². The summed E-state index contributed by atoms with van der Waals surface area (Å²) in [4.78, 5) is 21.9. The number of carboxylic acids is 2. The number of carboxylic acid groups (broad SMARTS) is 2. The molecule has 0 rings (SSSR count). The Morgan fingerprint density at radius 1 is 0.955 bits per heavy atom. The first-order chi connectivity index (χ1) is 10.5. The highest BCUT2D eigenvalue weighted by Gasteiger charge is 2.04. The molecule has 0 amide bonds. The molecule has 0 saturated carbocycles. The average Bonchev–Trinajstić information content (AvgIpc) is 2.47. The maximum atomic E-state index is 11.0. The van der Waals surface area contributed by atoms with Gasteiger partial charge in [-0.15, -0.1) is 0 Å². The molecule has 0 fully saturated rings. The third kappa shape index (κ3) is 9.31. The van der Waals surface area contributed by atoms with Gasteiger partial charge in [0.2, 0.25) is 0 Å². The van der Waals surface area contributed by atoms with Gasteiger partial charge in [0, 0.05) is 5.57 Å². The predicted octanol–water partition coefficient (Wildman–Crippen LogP) is 4.05. The van der Waals surface area contributed by atoms with E-state index in [4.69, 9.17) is 10.2 Å². The van der Waals surface area contributed by atoms with Gasteiger partial charge in [-0.25, -0.2) is 9.59 Å². The van der Waals surface area contributed by atoms with E-state index in [1.54, 1.807) is 36.5 Å². The molecule has 0 aromatic heterocycles. The van der Waals surface area contributed by atoms with Gasteiger partial charge in [-0.05, 0) is 25.0 Å². The molecule has 0 saturated heterocycles. The molecule has 118 valence electrons. The van der Waals surface area contributed by atoms with Gasteiger partial charge in [-0.1, -0.05) is 62.5 Å². The third-order valence-electron chi connectivity index (χ3n) is 2.64. The molecule has 4 heteroatoms. The molecule has 0 aliphatic heterocycles. The topological polar surface area (TPSA) is 74.6 Å². The van der Waals surface area contributed by atoms with Crippen LogP contribution in [0.2, 0.25) is 0 Å². The molecule has 0 heterocycles. The van der Waals surface area contributed by atoms with Gasteiger partial charge < -0.3 is 10.2 Å². The van der Waals surface area contributed by atoms with Gasteiger partial charge in [0.25, 0.3) is 0 Å². The van der Waals surface area contributed by atoms with E-state index >= 15 is 0 Å². The summed E-state index contributed by atoms with van der Waals surface area (Å²) in [7, 11) is 0. The molecule has 0 aromatic carbocycles. The second kappa shape index (κ2) is 12.1. The van der Waals surface area contributed by atoms with Gasteiger partial charge in [0.05, 0.1) is 5.57 Å². The van der Waals surface area contributed by atoms with Crippen LogP contribution in [0.1, 0.15) is 26.2 Å². The van der Waals surface area contributed by atoms with Crippen molar-refractivity contribution in [2.75, 3.05) is 0 Å². The molecule has 0 aliphatic rings. The fourth-order valence-electron chi connectivity index (χ4n) is 1.46. The zero-order chi connectivity index (χ0) is 16.8. The highest BCUT2D eigenvalue weighted by molar-refractivity contribution is 5.90. The Bertz CT molecular complexity index is 531. The van der Waals surface area contributed by atoms with E-state index in [0.29, 0.717) is 12.0 Å². The maximum absolute atomic E-state index is 11.0. The van der Waals surface area contributed by atoms with Gasteiger partial charge in [0.15, 0.2) is 0 Å². The number of aliphatic carboxylic acids is 2. The number of hydrogen-bond donors (Lipinski definition) is 2. The van der Waals surface area contributed by atoms with Crippen molar-refractivity contribution < 1.29 is 19.8 Å². The number of allylic oxidation sites excluding steroid dienone is 8. The highest BCUT2D eigenvalue weighted by Crippen LogP contribution is 2.07. The van der Waals surface area contributed by atoms with E-state index in [1.807, 2.05) is 6.92 Å². The minimum atomic E-state index is -1.03. The Balaban J connectivity index is 4.74. The third-order valence-corrected chi connectivity index (χ3v) is 2.64. The molecular weight excluding hydrogens is 280 g/mol. The van der Waals surface area contributed by atoms with E-state index in [-0.39, 0.29) is 5.57 Å². The fourth-order valence-corrected chi connectivity index (χ4v) is 1.46. The van der Waals surface area contributed by atoms with Crippen molar-refractivity contribution in [1.82, 2.24) is 0 Å². The SMILES string of the molecule is C=CC=CC(=CC=CC=CC=C(CCCC)C(=O)O)C(=O)O. The normalized spacial score (nSPS) is 13.3. The van der Waals surface area contributed by atoms with Crippen LogP contribution in [0, 0.1) is 0 Å². The van der Waals surface area contributed by atoms with E-state index in [2.05, 4.69) is 6.58 Å². The Morgan fingerprint density at radius 2 is 1.59 bits per heavy atom. The molecule has 0 aliphatic carbocycles. The van der Waals surface area contributed by atoms with E-state index < -0.39 is 11.9 Å². The summed E-state index contributed by atoms with van der Waals surface area (Å²) < 4.78 is 0. The summed E-state index contributed by atoms with van der Waals surface area (Å²) in [6.07, 6.45) is 16.3. The van der Waals surface area contributed by atoms with Gasteiger partial charge in [-0.3, -0.25) is 0 Å². The molecule has 0 atom stereocenters. The summed E-state index contributed by atoms with van der Waals surface area (Å²) >= 11 is 0. The lowest BCUT2D eigenvalue weighted by atomic mass is 10.1. The highest BCUT2D eigenvalue weighted by atomic mass is 16.4. The quantitative estimate of drug-likeness (QED) is 0.471. The Kier molecular flexibility index (Phi) is 10.7. The molecule has 4 nitrogen and oxygen atoms in total. The maximum Gasteiger partial charge on any atom is 0.335 e. The number of carbonyl (C=O) groups is 2. The zero-order valence-electron chi connectivity index (χ0n) is 12.7. The monoisotopic (exact) mass is 302 g/mol. The summed E-state index contributed by atoms with van der Waals surface area (Å²) in [5.41, 5.74) is 0.497. The minimum absolute atomic E-state index is 0.134. The van der Waals surface area contributed by atoms with Crippen molar-refractivity contribution in [3.05, 3.63) is 72.4 Å². The largest absolute Gasteiger partial charge is 0.478 e. The number of rotatable bonds is 10. The van der Waals surface area contributed by atoms with Crippen LogP contribution in [0.25, 0.3) is 0 Å². The lowest BCUT2D eigenvalue weighted by Crippen LogP contribution is -1.99. The van der Waals surface area contributed by atoms with Gasteiger partial charge in [0.1, 0.15) is 0 Å². The Morgan fingerprint density at radius 3 is 2.09 bits per heavy atom. The Labute approximate surface area is 131 Å². The Hall–Kier alpha value is -2.62. The van der Waals surface area contributed by atoms with Crippen LogP contribution in [0.3, 0.4) is 0 Å². The van der Waals surface area contributed by atoms with Crippen molar-refractivity contribution in [2.45, 2.75) is 26.2 Å². The van der Waals surface area contributed by atoms with E-state index in [0.717, 1.165) is 12.8 Å². The first-order valence-corrected chi connectivity index (χ1v) is 7.02. The molecule has 0 radical (unpaired) electrons. The van der Waals surface area contributed by atoms with Crippen LogP contribution in [0.4, 0.5) is 0 Å².